The van der Waals surface area contributed by atoms with Crippen LogP contribution in [0.15, 0.2) is 24.3 Å². The van der Waals surface area contributed by atoms with Crippen molar-refractivity contribution >= 4 is 28.2 Å². The smallest absolute Gasteiger partial charge is 0.256 e. The summed E-state index contributed by atoms with van der Waals surface area (Å²) in [5.41, 5.74) is 1.67. The maximum absolute atomic E-state index is 12.9. The van der Waals surface area contributed by atoms with Gasteiger partial charge in [-0.3, -0.25) is 9.59 Å². The summed E-state index contributed by atoms with van der Waals surface area (Å²) in [5.74, 6) is -0.821. The number of thiophene rings is 1. The van der Waals surface area contributed by atoms with Crippen LogP contribution in [-0.4, -0.2) is 23.3 Å². The number of fused-ring (bicyclic) bond motifs is 1. The highest BCUT2D eigenvalue weighted by Gasteiger charge is 2.26. The molecule has 0 radical (unpaired) electrons. The molecule has 1 aliphatic heterocycles. The van der Waals surface area contributed by atoms with E-state index in [1.165, 1.54) is 42.5 Å². The van der Waals surface area contributed by atoms with Crippen molar-refractivity contribution in [1.29, 1.82) is 5.26 Å². The first-order chi connectivity index (χ1) is 11.5. The van der Waals surface area contributed by atoms with Gasteiger partial charge in [0, 0.05) is 23.9 Å². The second-order valence-corrected chi connectivity index (χ2v) is 6.58. The van der Waals surface area contributed by atoms with Gasteiger partial charge in [-0.1, -0.05) is 0 Å². The van der Waals surface area contributed by atoms with Crippen LogP contribution in [0, 0.1) is 17.1 Å². The van der Waals surface area contributed by atoms with E-state index in [1.54, 1.807) is 4.90 Å². The van der Waals surface area contributed by atoms with Crippen molar-refractivity contribution in [2.24, 2.45) is 0 Å². The molecule has 5 nitrogen and oxygen atoms in total. The van der Waals surface area contributed by atoms with Gasteiger partial charge in [0.2, 0.25) is 5.91 Å². The van der Waals surface area contributed by atoms with E-state index in [9.17, 15) is 19.2 Å². The molecule has 0 saturated heterocycles. The van der Waals surface area contributed by atoms with Crippen molar-refractivity contribution < 1.29 is 14.0 Å². The van der Waals surface area contributed by atoms with Gasteiger partial charge in [-0.25, -0.2) is 4.39 Å². The molecule has 7 heteroatoms. The van der Waals surface area contributed by atoms with E-state index >= 15 is 0 Å². The standard InChI is InChI=1S/C17H14FN3O2S/c1-10(22)21-7-6-13-14(8-19)17(24-15(13)9-21)20-16(23)11-2-4-12(18)5-3-11/h2-5H,6-7,9H2,1H3,(H,20,23). The Morgan fingerprint density at radius 3 is 2.67 bits per heavy atom. The Balaban J connectivity index is 1.87. The fraction of sp³-hybridized carbons (Fsp3) is 0.235. The van der Waals surface area contributed by atoms with Gasteiger partial charge < -0.3 is 10.2 Å². The zero-order chi connectivity index (χ0) is 17.3. The third-order valence-corrected chi connectivity index (χ3v) is 5.08. The molecule has 24 heavy (non-hydrogen) atoms. The quantitative estimate of drug-likeness (QED) is 0.911. The van der Waals surface area contributed by atoms with Gasteiger partial charge in [0.25, 0.3) is 5.91 Å². The lowest BCUT2D eigenvalue weighted by atomic mass is 10.0. The van der Waals surface area contributed by atoms with Gasteiger partial charge >= 0.3 is 0 Å². The van der Waals surface area contributed by atoms with E-state index in [1.807, 2.05) is 0 Å². The number of nitrogens with one attached hydrogen (secondary N) is 1. The number of benzene rings is 1. The second kappa shape index (κ2) is 6.42. The number of hydrogen-bond donors (Lipinski definition) is 1. The summed E-state index contributed by atoms with van der Waals surface area (Å²) >= 11 is 1.31. The lowest BCUT2D eigenvalue weighted by Gasteiger charge is -2.25. The third kappa shape index (κ3) is 3.01. The van der Waals surface area contributed by atoms with Gasteiger partial charge in [-0.15, -0.1) is 11.3 Å². The second-order valence-electron chi connectivity index (χ2n) is 5.47. The zero-order valence-electron chi connectivity index (χ0n) is 12.9. The molecule has 0 aliphatic carbocycles. The number of carbonyl (C=O) groups is 2. The third-order valence-electron chi connectivity index (χ3n) is 3.95. The number of halogens is 1. The molecule has 1 aliphatic rings. The summed E-state index contributed by atoms with van der Waals surface area (Å²) in [6, 6.07) is 7.35. The van der Waals surface area contributed by atoms with Crippen molar-refractivity contribution in [1.82, 2.24) is 4.90 Å². The molecule has 2 heterocycles. The van der Waals surface area contributed by atoms with Crippen LogP contribution in [0.1, 0.15) is 33.3 Å². The van der Waals surface area contributed by atoms with Crippen LogP contribution in [0.2, 0.25) is 0 Å². The first-order valence-corrected chi connectivity index (χ1v) is 8.18. The van der Waals surface area contributed by atoms with Crippen LogP contribution in [0.5, 0.6) is 0 Å². The lowest BCUT2D eigenvalue weighted by Crippen LogP contribution is -2.33. The molecule has 0 fully saturated rings. The highest BCUT2D eigenvalue weighted by atomic mass is 32.1. The van der Waals surface area contributed by atoms with Gasteiger partial charge in [-0.2, -0.15) is 5.26 Å². The molecule has 2 amide bonds. The summed E-state index contributed by atoms with van der Waals surface area (Å²) in [6.07, 6.45) is 0.598. The highest BCUT2D eigenvalue weighted by Crippen LogP contribution is 2.36. The Labute approximate surface area is 142 Å². The van der Waals surface area contributed by atoms with Crippen LogP contribution in [0.25, 0.3) is 0 Å². The van der Waals surface area contributed by atoms with Crippen molar-refractivity contribution in [3.8, 4) is 6.07 Å². The van der Waals surface area contributed by atoms with Crippen LogP contribution in [0.3, 0.4) is 0 Å². The lowest BCUT2D eigenvalue weighted by molar-refractivity contribution is -0.129. The highest BCUT2D eigenvalue weighted by molar-refractivity contribution is 7.16. The van der Waals surface area contributed by atoms with Crippen LogP contribution in [0.4, 0.5) is 9.39 Å². The molecule has 1 aromatic heterocycles. The van der Waals surface area contributed by atoms with Gasteiger partial charge in [0.15, 0.2) is 0 Å². The number of hydrogen-bond acceptors (Lipinski definition) is 4. The van der Waals surface area contributed by atoms with E-state index in [4.69, 9.17) is 0 Å². The largest absolute Gasteiger partial charge is 0.337 e. The van der Waals surface area contributed by atoms with E-state index in [0.29, 0.717) is 35.6 Å². The summed E-state index contributed by atoms with van der Waals surface area (Å²) < 4.78 is 12.9. The van der Waals surface area contributed by atoms with Gasteiger partial charge in [0.05, 0.1) is 12.1 Å². The average Bonchev–Trinajstić information content (AvgIpc) is 2.91. The van der Waals surface area contributed by atoms with Crippen LogP contribution in [-0.2, 0) is 17.8 Å². The van der Waals surface area contributed by atoms with E-state index in [0.717, 1.165) is 10.4 Å². The van der Waals surface area contributed by atoms with E-state index < -0.39 is 11.7 Å². The van der Waals surface area contributed by atoms with Crippen molar-refractivity contribution in [3.05, 3.63) is 51.7 Å². The fourth-order valence-electron chi connectivity index (χ4n) is 2.66. The first kappa shape index (κ1) is 16.1. The molecule has 0 bridgehead atoms. The number of carbonyl (C=O) groups excluding carboxylic acids is 2. The predicted octanol–water partition coefficient (Wildman–Crippen LogP) is 2.92. The number of rotatable bonds is 2. The molecular weight excluding hydrogens is 329 g/mol. The topological polar surface area (TPSA) is 73.2 Å². The summed E-state index contributed by atoms with van der Waals surface area (Å²) in [7, 11) is 0. The van der Waals surface area contributed by atoms with Crippen molar-refractivity contribution in [2.45, 2.75) is 19.9 Å². The maximum atomic E-state index is 12.9. The fourth-order valence-corrected chi connectivity index (χ4v) is 3.86. The number of nitrogens with zero attached hydrogens (tertiary/aromatic N) is 2. The number of anilines is 1. The minimum Gasteiger partial charge on any atom is -0.337 e. The van der Waals surface area contributed by atoms with Crippen LogP contribution < -0.4 is 5.32 Å². The molecule has 2 aromatic rings. The van der Waals surface area contributed by atoms with Gasteiger partial charge in [0.1, 0.15) is 16.9 Å². The molecule has 0 spiro atoms. The Bertz CT molecular complexity index is 852. The molecule has 0 atom stereocenters. The molecule has 1 N–H and O–H groups in total. The predicted molar refractivity (Wildman–Crippen MR) is 88.2 cm³/mol. The molecule has 0 unspecified atom stereocenters. The Morgan fingerprint density at radius 1 is 1.33 bits per heavy atom. The Hall–Kier alpha value is -2.72. The number of amides is 2. The maximum Gasteiger partial charge on any atom is 0.256 e. The van der Waals surface area contributed by atoms with Gasteiger partial charge in [-0.05, 0) is 36.2 Å². The van der Waals surface area contributed by atoms with Crippen LogP contribution >= 0.6 is 11.3 Å². The Morgan fingerprint density at radius 2 is 2.04 bits per heavy atom. The molecule has 0 saturated carbocycles. The van der Waals surface area contributed by atoms with E-state index in [-0.39, 0.29) is 5.91 Å². The molecular formula is C17H14FN3O2S. The Kier molecular flexibility index (Phi) is 4.32. The molecule has 3 rings (SSSR count). The number of nitriles is 1. The van der Waals surface area contributed by atoms with E-state index in [2.05, 4.69) is 11.4 Å². The normalized spacial score (nSPS) is 13.1. The molecule has 1 aromatic carbocycles. The monoisotopic (exact) mass is 343 g/mol. The minimum atomic E-state index is -0.417. The van der Waals surface area contributed by atoms with Crippen molar-refractivity contribution in [2.75, 3.05) is 11.9 Å². The first-order valence-electron chi connectivity index (χ1n) is 7.36. The average molecular weight is 343 g/mol. The molecule has 122 valence electrons. The summed E-state index contributed by atoms with van der Waals surface area (Å²) in [5, 5.41) is 12.6. The summed E-state index contributed by atoms with van der Waals surface area (Å²) in [4.78, 5) is 26.4. The summed E-state index contributed by atoms with van der Waals surface area (Å²) in [6.45, 7) is 2.54. The SMILES string of the molecule is CC(=O)N1CCc2c(sc(NC(=O)c3ccc(F)cc3)c2C#N)C1. The van der Waals surface area contributed by atoms with Crippen molar-refractivity contribution in [3.63, 3.8) is 0 Å². The minimum absolute atomic E-state index is 0.00976. The zero-order valence-corrected chi connectivity index (χ0v) is 13.7.